The van der Waals surface area contributed by atoms with E-state index in [0.29, 0.717) is 13.2 Å². The Bertz CT molecular complexity index is 266. The first-order chi connectivity index (χ1) is 7.65. The zero-order chi connectivity index (χ0) is 12.0. The topological polar surface area (TPSA) is 38.8 Å². The van der Waals surface area contributed by atoms with Gasteiger partial charge in [-0.25, -0.2) is 0 Å². The van der Waals surface area contributed by atoms with E-state index in [2.05, 4.69) is 5.92 Å². The van der Waals surface area contributed by atoms with Crippen molar-refractivity contribution in [2.24, 2.45) is 0 Å². The molecule has 0 aliphatic carbocycles. The van der Waals surface area contributed by atoms with Gasteiger partial charge in [0.1, 0.15) is 6.10 Å². The lowest BCUT2D eigenvalue weighted by Crippen LogP contribution is -2.37. The minimum Gasteiger partial charge on any atom is -0.376 e. The summed E-state index contributed by atoms with van der Waals surface area (Å²) in [4.78, 5) is 13.2. The molecule has 0 radical (unpaired) electrons. The molecule has 1 rings (SSSR count). The normalized spacial score (nSPS) is 21.4. The number of nitrogens with zero attached hydrogens (tertiary/aromatic N) is 1. The van der Waals surface area contributed by atoms with Gasteiger partial charge in [0, 0.05) is 13.7 Å². The number of carbonyl (C=O) groups excluding carboxylic acids is 1. The summed E-state index contributed by atoms with van der Waals surface area (Å²) in [5.74, 6) is 2.34. The Morgan fingerprint density at radius 3 is 3.06 bits per heavy atom. The summed E-state index contributed by atoms with van der Waals surface area (Å²) < 4.78 is 10.9. The predicted molar refractivity (Wildman–Crippen MR) is 60.9 cm³/mol. The van der Waals surface area contributed by atoms with Crippen molar-refractivity contribution < 1.29 is 14.3 Å². The van der Waals surface area contributed by atoms with Crippen molar-refractivity contribution in [1.82, 2.24) is 4.90 Å². The van der Waals surface area contributed by atoms with Crippen LogP contribution in [0.25, 0.3) is 0 Å². The van der Waals surface area contributed by atoms with Gasteiger partial charge < -0.3 is 14.4 Å². The van der Waals surface area contributed by atoms with Gasteiger partial charge in [0.05, 0.1) is 19.3 Å². The highest BCUT2D eigenvalue weighted by atomic mass is 16.5. The van der Waals surface area contributed by atoms with E-state index in [1.807, 2.05) is 0 Å². The summed E-state index contributed by atoms with van der Waals surface area (Å²) in [5, 5.41) is 0. The third-order valence-corrected chi connectivity index (χ3v) is 2.61. The third kappa shape index (κ3) is 3.84. The van der Waals surface area contributed by atoms with Crippen LogP contribution in [0, 0.1) is 12.3 Å². The molecule has 0 aromatic rings. The fraction of sp³-hybridized carbons (Fsp3) is 0.750. The van der Waals surface area contributed by atoms with Crippen LogP contribution >= 0.6 is 0 Å². The van der Waals surface area contributed by atoms with Gasteiger partial charge in [-0.05, 0) is 19.8 Å². The lowest BCUT2D eigenvalue weighted by atomic mass is 10.2. The lowest BCUT2D eigenvalue weighted by Gasteiger charge is -2.20. The molecule has 1 saturated heterocycles. The molecular formula is C12H19NO3. The van der Waals surface area contributed by atoms with E-state index in [-0.39, 0.29) is 12.0 Å². The molecular weight excluding hydrogens is 206 g/mol. The molecule has 2 unspecified atom stereocenters. The average molecular weight is 225 g/mol. The fourth-order valence-electron chi connectivity index (χ4n) is 1.62. The summed E-state index contributed by atoms with van der Waals surface area (Å²) in [7, 11) is 1.67. The number of rotatable bonds is 5. The molecule has 1 amide bonds. The largest absolute Gasteiger partial charge is 0.376 e. The molecule has 0 spiro atoms. The Hall–Kier alpha value is -1.05. The summed E-state index contributed by atoms with van der Waals surface area (Å²) in [5.41, 5.74) is 0. The Morgan fingerprint density at radius 2 is 2.50 bits per heavy atom. The molecule has 0 aromatic carbocycles. The van der Waals surface area contributed by atoms with Crippen LogP contribution in [0.4, 0.5) is 0 Å². The highest BCUT2D eigenvalue weighted by Gasteiger charge is 2.21. The first kappa shape index (κ1) is 13.0. The van der Waals surface area contributed by atoms with Crippen molar-refractivity contribution in [3.05, 3.63) is 0 Å². The second-order valence-corrected chi connectivity index (χ2v) is 4.01. The van der Waals surface area contributed by atoms with E-state index in [1.54, 1.807) is 14.0 Å². The quantitative estimate of drug-likeness (QED) is 0.645. The van der Waals surface area contributed by atoms with Crippen molar-refractivity contribution in [3.63, 3.8) is 0 Å². The molecule has 1 heterocycles. The molecule has 0 aromatic heterocycles. The molecule has 1 aliphatic rings. The van der Waals surface area contributed by atoms with Gasteiger partial charge in [-0.1, -0.05) is 5.92 Å². The molecule has 0 N–H and O–H groups in total. The minimum atomic E-state index is -0.456. The summed E-state index contributed by atoms with van der Waals surface area (Å²) in [6.45, 7) is 3.33. The summed E-state index contributed by atoms with van der Waals surface area (Å²) in [6.07, 6.45) is 6.92. The monoisotopic (exact) mass is 225 g/mol. The van der Waals surface area contributed by atoms with Crippen molar-refractivity contribution in [2.75, 3.05) is 26.8 Å². The van der Waals surface area contributed by atoms with Crippen LogP contribution in [-0.2, 0) is 14.3 Å². The number of likely N-dealkylation sites (N-methyl/N-ethyl adjacent to an activating group) is 1. The Balaban J connectivity index is 2.25. The maximum atomic E-state index is 11.7. The van der Waals surface area contributed by atoms with E-state index >= 15 is 0 Å². The van der Waals surface area contributed by atoms with Crippen molar-refractivity contribution in [3.8, 4) is 12.3 Å². The highest BCUT2D eigenvalue weighted by Crippen LogP contribution is 2.13. The predicted octanol–water partition coefficient (Wildman–Crippen LogP) is 0.662. The Kier molecular flexibility index (Phi) is 5.30. The summed E-state index contributed by atoms with van der Waals surface area (Å²) in [6, 6.07) is 0. The highest BCUT2D eigenvalue weighted by molar-refractivity contribution is 5.80. The minimum absolute atomic E-state index is 0.0871. The maximum Gasteiger partial charge on any atom is 0.251 e. The zero-order valence-electron chi connectivity index (χ0n) is 9.94. The zero-order valence-corrected chi connectivity index (χ0v) is 9.94. The first-order valence-corrected chi connectivity index (χ1v) is 5.56. The van der Waals surface area contributed by atoms with E-state index in [4.69, 9.17) is 15.9 Å². The number of ether oxygens (including phenoxy) is 2. The van der Waals surface area contributed by atoms with Gasteiger partial charge in [-0.15, -0.1) is 6.42 Å². The molecule has 16 heavy (non-hydrogen) atoms. The lowest BCUT2D eigenvalue weighted by molar-refractivity contribution is -0.142. The molecule has 1 fully saturated rings. The van der Waals surface area contributed by atoms with Gasteiger partial charge in [-0.2, -0.15) is 0 Å². The van der Waals surface area contributed by atoms with E-state index < -0.39 is 6.10 Å². The maximum absolute atomic E-state index is 11.7. The molecule has 2 atom stereocenters. The van der Waals surface area contributed by atoms with Gasteiger partial charge in [0.15, 0.2) is 0 Å². The Labute approximate surface area is 96.9 Å². The fourth-order valence-corrected chi connectivity index (χ4v) is 1.62. The molecule has 0 bridgehead atoms. The molecule has 4 nitrogen and oxygen atoms in total. The van der Waals surface area contributed by atoms with Crippen LogP contribution in [-0.4, -0.2) is 49.8 Å². The van der Waals surface area contributed by atoms with Crippen molar-refractivity contribution in [2.45, 2.75) is 32.0 Å². The number of carbonyl (C=O) groups is 1. The van der Waals surface area contributed by atoms with Crippen molar-refractivity contribution >= 4 is 5.91 Å². The van der Waals surface area contributed by atoms with E-state index in [0.717, 1.165) is 19.4 Å². The number of hydrogen-bond acceptors (Lipinski definition) is 3. The molecule has 0 saturated carbocycles. The van der Waals surface area contributed by atoms with Crippen LogP contribution in [0.15, 0.2) is 0 Å². The standard InChI is InChI=1S/C12H19NO3/c1-4-7-13(3)12(14)10(2)16-9-11-6-5-8-15-11/h1,10-11H,5-9H2,2-3H3. The van der Waals surface area contributed by atoms with Gasteiger partial charge in [-0.3, -0.25) is 4.79 Å². The third-order valence-electron chi connectivity index (χ3n) is 2.61. The van der Waals surface area contributed by atoms with E-state index in [1.165, 1.54) is 4.90 Å². The van der Waals surface area contributed by atoms with Gasteiger partial charge in [0.2, 0.25) is 0 Å². The number of terminal acetylenes is 1. The first-order valence-electron chi connectivity index (χ1n) is 5.56. The van der Waals surface area contributed by atoms with Crippen molar-refractivity contribution in [1.29, 1.82) is 0 Å². The second kappa shape index (κ2) is 6.51. The number of hydrogen-bond donors (Lipinski definition) is 0. The van der Waals surface area contributed by atoms with Gasteiger partial charge >= 0.3 is 0 Å². The van der Waals surface area contributed by atoms with Gasteiger partial charge in [0.25, 0.3) is 5.91 Å². The van der Waals surface area contributed by atoms with E-state index in [9.17, 15) is 4.79 Å². The SMILES string of the molecule is C#CCN(C)C(=O)C(C)OCC1CCCO1. The number of amides is 1. The smallest absolute Gasteiger partial charge is 0.251 e. The van der Waals surface area contributed by atoms with Crippen LogP contribution < -0.4 is 0 Å². The van der Waals surface area contributed by atoms with Crippen LogP contribution in [0.1, 0.15) is 19.8 Å². The summed E-state index contributed by atoms with van der Waals surface area (Å²) >= 11 is 0. The molecule has 90 valence electrons. The molecule has 1 aliphatic heterocycles. The van der Waals surface area contributed by atoms with Crippen LogP contribution in [0.3, 0.4) is 0 Å². The Morgan fingerprint density at radius 1 is 1.75 bits per heavy atom. The molecule has 4 heteroatoms. The second-order valence-electron chi connectivity index (χ2n) is 4.01. The van der Waals surface area contributed by atoms with Crippen LogP contribution in [0.5, 0.6) is 0 Å². The average Bonchev–Trinajstić information content (AvgIpc) is 2.78. The van der Waals surface area contributed by atoms with Crippen LogP contribution in [0.2, 0.25) is 0 Å².